The number of amides is 3. The van der Waals surface area contributed by atoms with Gasteiger partial charge >= 0.3 is 6.03 Å². The second kappa shape index (κ2) is 8.02. The maximum absolute atomic E-state index is 12.9. The number of aromatic nitrogens is 2. The number of anilines is 2. The lowest BCUT2D eigenvalue weighted by Crippen LogP contribution is -2.39. The Morgan fingerprint density at radius 2 is 1.77 bits per heavy atom. The van der Waals surface area contributed by atoms with Gasteiger partial charge in [-0.05, 0) is 43.2 Å². The van der Waals surface area contributed by atoms with Crippen LogP contribution in [0.2, 0.25) is 0 Å². The molecule has 154 valence electrons. The van der Waals surface area contributed by atoms with Crippen molar-refractivity contribution in [2.75, 3.05) is 17.2 Å². The Balaban J connectivity index is 1.53. The molecule has 30 heavy (non-hydrogen) atoms. The van der Waals surface area contributed by atoms with Gasteiger partial charge in [-0.25, -0.2) is 4.79 Å². The maximum atomic E-state index is 12.9. The minimum absolute atomic E-state index is 0.173. The minimum Gasteiger partial charge on any atom is -0.321 e. The summed E-state index contributed by atoms with van der Waals surface area (Å²) in [6.07, 6.45) is 0.650. The number of aryl methyl sites for hydroxylation is 2. The van der Waals surface area contributed by atoms with Crippen molar-refractivity contribution in [2.24, 2.45) is 7.05 Å². The first-order valence-electron chi connectivity index (χ1n) is 9.97. The normalized spacial score (nSPS) is 13.0. The second-order valence-corrected chi connectivity index (χ2v) is 7.57. The van der Waals surface area contributed by atoms with Gasteiger partial charge in [0, 0.05) is 42.6 Å². The summed E-state index contributed by atoms with van der Waals surface area (Å²) in [5.74, 6) is -0.269. The first-order chi connectivity index (χ1) is 14.4. The summed E-state index contributed by atoms with van der Waals surface area (Å²) in [6.45, 7) is 4.93. The highest BCUT2D eigenvalue weighted by Gasteiger charge is 2.29. The fourth-order valence-corrected chi connectivity index (χ4v) is 3.74. The number of urea groups is 1. The molecule has 1 aromatic heterocycles. The van der Waals surface area contributed by atoms with Crippen LogP contribution in [0, 0.1) is 13.8 Å². The number of hydrogen-bond donors (Lipinski definition) is 2. The number of carbonyl (C=O) groups is 2. The Labute approximate surface area is 175 Å². The highest BCUT2D eigenvalue weighted by atomic mass is 16.2. The van der Waals surface area contributed by atoms with E-state index in [1.807, 2.05) is 69.4 Å². The SMILES string of the molecule is Cc1cccc(NC(=O)N2CCc3c(c(C(=O)Nc4ccccc4)nn3C)C2)c1C. The average molecular weight is 403 g/mol. The van der Waals surface area contributed by atoms with Crippen LogP contribution >= 0.6 is 0 Å². The summed E-state index contributed by atoms with van der Waals surface area (Å²) < 4.78 is 1.75. The van der Waals surface area contributed by atoms with Crippen LogP contribution in [0.4, 0.5) is 16.2 Å². The van der Waals surface area contributed by atoms with Crippen LogP contribution < -0.4 is 10.6 Å². The van der Waals surface area contributed by atoms with Crippen molar-refractivity contribution in [1.82, 2.24) is 14.7 Å². The van der Waals surface area contributed by atoms with Gasteiger partial charge in [0.2, 0.25) is 0 Å². The molecule has 0 saturated carbocycles. The van der Waals surface area contributed by atoms with Gasteiger partial charge in [0.05, 0.1) is 6.54 Å². The van der Waals surface area contributed by atoms with Crippen molar-refractivity contribution in [2.45, 2.75) is 26.8 Å². The number of nitrogens with one attached hydrogen (secondary N) is 2. The van der Waals surface area contributed by atoms with E-state index in [9.17, 15) is 9.59 Å². The van der Waals surface area contributed by atoms with E-state index in [4.69, 9.17) is 0 Å². The monoisotopic (exact) mass is 403 g/mol. The summed E-state index contributed by atoms with van der Waals surface area (Å²) in [5, 5.41) is 10.3. The lowest BCUT2D eigenvalue weighted by atomic mass is 10.0. The quantitative estimate of drug-likeness (QED) is 0.697. The number of benzene rings is 2. The topological polar surface area (TPSA) is 79.3 Å². The molecule has 0 spiro atoms. The third-order valence-electron chi connectivity index (χ3n) is 5.62. The van der Waals surface area contributed by atoms with Gasteiger partial charge in [0.15, 0.2) is 5.69 Å². The first kappa shape index (κ1) is 19.7. The number of carbonyl (C=O) groups excluding carboxylic acids is 2. The Kier molecular flexibility index (Phi) is 5.27. The lowest BCUT2D eigenvalue weighted by Gasteiger charge is -2.28. The van der Waals surface area contributed by atoms with Crippen LogP contribution in [0.25, 0.3) is 0 Å². The van der Waals surface area contributed by atoms with Crippen LogP contribution in [-0.2, 0) is 20.0 Å². The molecule has 2 aromatic carbocycles. The van der Waals surface area contributed by atoms with Gasteiger partial charge in [-0.15, -0.1) is 0 Å². The molecule has 7 nitrogen and oxygen atoms in total. The van der Waals surface area contributed by atoms with E-state index in [0.29, 0.717) is 30.9 Å². The van der Waals surface area contributed by atoms with Crippen molar-refractivity contribution in [3.05, 3.63) is 76.6 Å². The molecule has 3 amide bonds. The zero-order chi connectivity index (χ0) is 21.3. The number of rotatable bonds is 3. The molecule has 2 heterocycles. The predicted molar refractivity (Wildman–Crippen MR) is 117 cm³/mol. The summed E-state index contributed by atoms with van der Waals surface area (Å²) >= 11 is 0. The van der Waals surface area contributed by atoms with Gasteiger partial charge in [-0.1, -0.05) is 30.3 Å². The summed E-state index contributed by atoms with van der Waals surface area (Å²) in [5.41, 5.74) is 5.84. The first-order valence-corrected chi connectivity index (χ1v) is 9.97. The molecule has 7 heteroatoms. The van der Waals surface area contributed by atoms with Crippen molar-refractivity contribution < 1.29 is 9.59 Å². The number of hydrogen-bond acceptors (Lipinski definition) is 3. The fourth-order valence-electron chi connectivity index (χ4n) is 3.74. The van der Waals surface area contributed by atoms with Crippen LogP contribution in [0.1, 0.15) is 32.9 Å². The van der Waals surface area contributed by atoms with Gasteiger partial charge in [0.1, 0.15) is 0 Å². The molecule has 0 atom stereocenters. The number of para-hydroxylation sites is 1. The van der Waals surface area contributed by atoms with Crippen LogP contribution in [0.3, 0.4) is 0 Å². The standard InChI is InChI=1S/C23H25N5O2/c1-15-8-7-11-19(16(15)2)25-23(30)28-13-12-20-18(14-28)21(26-27(20)3)22(29)24-17-9-5-4-6-10-17/h4-11H,12-14H2,1-3H3,(H,24,29)(H,25,30). The van der Waals surface area contributed by atoms with Gasteiger partial charge in [-0.3, -0.25) is 9.48 Å². The Morgan fingerprint density at radius 3 is 2.53 bits per heavy atom. The van der Waals surface area contributed by atoms with Gasteiger partial charge < -0.3 is 15.5 Å². The fraction of sp³-hybridized carbons (Fsp3) is 0.261. The highest BCUT2D eigenvalue weighted by Crippen LogP contribution is 2.25. The average Bonchev–Trinajstić information content (AvgIpc) is 3.08. The molecule has 4 rings (SSSR count). The molecule has 0 aliphatic carbocycles. The molecular formula is C23H25N5O2. The van der Waals surface area contributed by atoms with E-state index < -0.39 is 0 Å². The van der Waals surface area contributed by atoms with Crippen molar-refractivity contribution in [1.29, 1.82) is 0 Å². The van der Waals surface area contributed by atoms with E-state index in [1.165, 1.54) is 0 Å². The van der Waals surface area contributed by atoms with Crippen LogP contribution in [-0.4, -0.2) is 33.2 Å². The van der Waals surface area contributed by atoms with E-state index in [-0.39, 0.29) is 11.9 Å². The largest absolute Gasteiger partial charge is 0.322 e. The van der Waals surface area contributed by atoms with E-state index >= 15 is 0 Å². The van der Waals surface area contributed by atoms with Crippen molar-refractivity contribution >= 4 is 23.3 Å². The molecular weight excluding hydrogens is 378 g/mol. The molecule has 0 fully saturated rings. The predicted octanol–water partition coefficient (Wildman–Crippen LogP) is 3.88. The van der Waals surface area contributed by atoms with Crippen molar-refractivity contribution in [3.63, 3.8) is 0 Å². The molecule has 0 saturated heterocycles. The number of nitrogens with zero attached hydrogens (tertiary/aromatic N) is 3. The van der Waals surface area contributed by atoms with Crippen molar-refractivity contribution in [3.8, 4) is 0 Å². The summed E-state index contributed by atoms with van der Waals surface area (Å²) in [7, 11) is 1.84. The zero-order valence-electron chi connectivity index (χ0n) is 17.4. The third kappa shape index (κ3) is 3.78. The molecule has 3 aromatic rings. The van der Waals surface area contributed by atoms with Crippen LogP contribution in [0.5, 0.6) is 0 Å². The molecule has 0 radical (unpaired) electrons. The highest BCUT2D eigenvalue weighted by molar-refractivity contribution is 6.04. The smallest absolute Gasteiger partial charge is 0.321 e. The maximum Gasteiger partial charge on any atom is 0.322 e. The molecule has 0 unspecified atom stereocenters. The Morgan fingerprint density at radius 1 is 1.00 bits per heavy atom. The second-order valence-electron chi connectivity index (χ2n) is 7.57. The molecule has 0 bridgehead atoms. The van der Waals surface area contributed by atoms with Crippen LogP contribution in [0.15, 0.2) is 48.5 Å². The molecule has 1 aliphatic heterocycles. The number of fused-ring (bicyclic) bond motifs is 1. The third-order valence-corrected chi connectivity index (χ3v) is 5.62. The summed E-state index contributed by atoms with van der Waals surface area (Å²) in [6, 6.07) is 15.0. The molecule has 2 N–H and O–H groups in total. The molecule has 1 aliphatic rings. The summed E-state index contributed by atoms with van der Waals surface area (Å²) in [4.78, 5) is 27.5. The van der Waals surface area contributed by atoms with E-state index in [0.717, 1.165) is 28.1 Å². The Hall–Kier alpha value is -3.61. The lowest BCUT2D eigenvalue weighted by molar-refractivity contribution is 0.101. The zero-order valence-corrected chi connectivity index (χ0v) is 17.4. The van der Waals surface area contributed by atoms with Gasteiger partial charge in [-0.2, -0.15) is 5.10 Å². The minimum atomic E-state index is -0.269. The van der Waals surface area contributed by atoms with E-state index in [2.05, 4.69) is 15.7 Å². The Bertz CT molecular complexity index is 1100. The van der Waals surface area contributed by atoms with E-state index in [1.54, 1.807) is 9.58 Å². The van der Waals surface area contributed by atoms with Gasteiger partial charge in [0.25, 0.3) is 5.91 Å².